The summed E-state index contributed by atoms with van der Waals surface area (Å²) in [6, 6.07) is 18.4. The van der Waals surface area contributed by atoms with E-state index in [2.05, 4.69) is 48.7 Å². The molecule has 0 unspecified atom stereocenters. The zero-order chi connectivity index (χ0) is 19.5. The molecule has 4 heteroatoms. The zero-order valence-electron chi connectivity index (χ0n) is 16.3. The van der Waals surface area contributed by atoms with Crippen molar-refractivity contribution in [2.45, 2.75) is 19.8 Å². The molecule has 0 saturated heterocycles. The van der Waals surface area contributed by atoms with Crippen LogP contribution >= 0.6 is 0 Å². The average molecular weight is 371 g/mol. The fraction of sp³-hybridized carbons (Fsp3) is 0.208. The Hall–Kier alpha value is -3.27. The van der Waals surface area contributed by atoms with Crippen LogP contribution in [0.5, 0.6) is 5.75 Å². The normalized spacial score (nSPS) is 11.6. The maximum Gasteiger partial charge on any atom is 0.199 e. The second kappa shape index (κ2) is 7.77. The number of guanidine groups is 1. The first-order chi connectivity index (χ1) is 13.7. The molecule has 0 bridgehead atoms. The quantitative estimate of drug-likeness (QED) is 0.249. The lowest BCUT2D eigenvalue weighted by atomic mass is 10.0. The van der Waals surface area contributed by atoms with Crippen molar-refractivity contribution in [2.75, 3.05) is 23.9 Å². The number of nitrogens with one attached hydrogen (secondary N) is 2. The van der Waals surface area contributed by atoms with Gasteiger partial charge in [0.2, 0.25) is 0 Å². The fourth-order valence-electron chi connectivity index (χ4n) is 3.47. The molecule has 0 heterocycles. The summed E-state index contributed by atoms with van der Waals surface area (Å²) in [6.07, 6.45) is 6.43. The highest BCUT2D eigenvalue weighted by molar-refractivity contribution is 6.12. The first-order valence-electron chi connectivity index (χ1n) is 9.73. The van der Waals surface area contributed by atoms with Gasteiger partial charge in [-0.3, -0.25) is 5.41 Å². The summed E-state index contributed by atoms with van der Waals surface area (Å²) in [7, 11) is 1.89. The summed E-state index contributed by atoms with van der Waals surface area (Å²) >= 11 is 0. The number of hydrogen-bond acceptors (Lipinski definition) is 2. The first kappa shape index (κ1) is 18.1. The van der Waals surface area contributed by atoms with Crippen LogP contribution in [0.1, 0.15) is 30.9 Å². The third kappa shape index (κ3) is 3.46. The smallest absolute Gasteiger partial charge is 0.199 e. The van der Waals surface area contributed by atoms with Crippen molar-refractivity contribution >= 4 is 40.3 Å². The van der Waals surface area contributed by atoms with E-state index in [4.69, 9.17) is 10.1 Å². The van der Waals surface area contributed by atoms with Crippen LogP contribution in [0.3, 0.4) is 0 Å². The molecule has 3 aromatic carbocycles. The molecule has 0 radical (unpaired) electrons. The van der Waals surface area contributed by atoms with E-state index >= 15 is 0 Å². The Kier molecular flexibility index (Phi) is 5.02. The van der Waals surface area contributed by atoms with Gasteiger partial charge in [-0.25, -0.2) is 0 Å². The summed E-state index contributed by atoms with van der Waals surface area (Å²) in [5.41, 5.74) is 4.26. The summed E-state index contributed by atoms with van der Waals surface area (Å²) in [4.78, 5) is 1.83. The van der Waals surface area contributed by atoms with Gasteiger partial charge in [-0.1, -0.05) is 49.8 Å². The van der Waals surface area contributed by atoms with Crippen molar-refractivity contribution < 1.29 is 4.74 Å². The number of nitrogens with zero attached hydrogens (tertiary/aromatic N) is 1. The first-order valence-corrected chi connectivity index (χ1v) is 9.73. The Bertz CT molecular complexity index is 1040. The second-order valence-corrected chi connectivity index (χ2v) is 7.03. The van der Waals surface area contributed by atoms with Crippen molar-refractivity contribution in [1.29, 1.82) is 5.41 Å². The highest BCUT2D eigenvalue weighted by Crippen LogP contribution is 2.36. The molecule has 0 aliphatic heterocycles. The van der Waals surface area contributed by atoms with Gasteiger partial charge in [-0.2, -0.15) is 0 Å². The van der Waals surface area contributed by atoms with Gasteiger partial charge < -0.3 is 15.0 Å². The van der Waals surface area contributed by atoms with Crippen molar-refractivity contribution in [1.82, 2.24) is 0 Å². The van der Waals surface area contributed by atoms with Crippen molar-refractivity contribution in [3.63, 3.8) is 0 Å². The van der Waals surface area contributed by atoms with Gasteiger partial charge in [0.25, 0.3) is 0 Å². The molecule has 0 amide bonds. The van der Waals surface area contributed by atoms with Crippen LogP contribution < -0.4 is 15.0 Å². The summed E-state index contributed by atoms with van der Waals surface area (Å²) in [6.45, 7) is 2.89. The Morgan fingerprint density at radius 3 is 2.64 bits per heavy atom. The van der Waals surface area contributed by atoms with E-state index in [1.165, 1.54) is 16.3 Å². The molecule has 0 atom stereocenters. The number of anilines is 2. The molecule has 0 spiro atoms. The Balaban J connectivity index is 1.49. The van der Waals surface area contributed by atoms with E-state index in [-0.39, 0.29) is 0 Å². The molecule has 4 nitrogen and oxygen atoms in total. The number of unbranched alkanes of at least 4 members (excludes halogenated alkanes) is 1. The molecule has 0 aromatic heterocycles. The molecule has 0 fully saturated rings. The van der Waals surface area contributed by atoms with Gasteiger partial charge in [0, 0.05) is 24.0 Å². The van der Waals surface area contributed by atoms with Crippen LogP contribution in [0.2, 0.25) is 0 Å². The maximum absolute atomic E-state index is 8.52. The van der Waals surface area contributed by atoms with E-state index in [1.54, 1.807) is 0 Å². The monoisotopic (exact) mass is 371 g/mol. The average Bonchev–Trinajstić information content (AvgIpc) is 3.16. The molecular formula is C24H25N3O. The largest absolute Gasteiger partial charge is 0.494 e. The van der Waals surface area contributed by atoms with Crippen LogP contribution in [0.4, 0.5) is 11.4 Å². The van der Waals surface area contributed by atoms with Gasteiger partial charge in [0.15, 0.2) is 5.96 Å². The molecule has 1 aliphatic carbocycles. The molecule has 142 valence electrons. The van der Waals surface area contributed by atoms with Gasteiger partial charge in [-0.15, -0.1) is 0 Å². The predicted octanol–water partition coefficient (Wildman–Crippen LogP) is 5.99. The highest BCUT2D eigenvalue weighted by Gasteiger charge is 2.15. The van der Waals surface area contributed by atoms with Crippen LogP contribution in [0.25, 0.3) is 22.9 Å². The van der Waals surface area contributed by atoms with Crippen LogP contribution in [0, 0.1) is 5.41 Å². The second-order valence-electron chi connectivity index (χ2n) is 7.03. The number of rotatable bonds is 6. The Labute approximate surface area is 166 Å². The lowest BCUT2D eigenvalue weighted by molar-refractivity contribution is 0.309. The zero-order valence-corrected chi connectivity index (χ0v) is 16.3. The Morgan fingerprint density at radius 1 is 1.04 bits per heavy atom. The van der Waals surface area contributed by atoms with Crippen LogP contribution in [-0.4, -0.2) is 19.6 Å². The van der Waals surface area contributed by atoms with E-state index < -0.39 is 0 Å². The van der Waals surface area contributed by atoms with Gasteiger partial charge in [0.05, 0.1) is 6.61 Å². The summed E-state index contributed by atoms with van der Waals surface area (Å²) < 4.78 is 5.72. The number of benzene rings is 3. The molecule has 2 N–H and O–H groups in total. The van der Waals surface area contributed by atoms with E-state index in [1.807, 2.05) is 42.3 Å². The van der Waals surface area contributed by atoms with Crippen LogP contribution in [0.15, 0.2) is 54.6 Å². The fourth-order valence-corrected chi connectivity index (χ4v) is 3.47. The number of hydrogen-bond donors (Lipinski definition) is 2. The van der Waals surface area contributed by atoms with Gasteiger partial charge in [0.1, 0.15) is 5.75 Å². The number of ether oxygens (including phenoxy) is 1. The molecular weight excluding hydrogens is 346 g/mol. The van der Waals surface area contributed by atoms with Crippen molar-refractivity contribution in [2.24, 2.45) is 0 Å². The predicted molar refractivity (Wildman–Crippen MR) is 119 cm³/mol. The van der Waals surface area contributed by atoms with Gasteiger partial charge >= 0.3 is 0 Å². The Morgan fingerprint density at radius 2 is 1.86 bits per heavy atom. The van der Waals surface area contributed by atoms with E-state index in [9.17, 15) is 0 Å². The minimum atomic E-state index is 0.327. The molecule has 4 rings (SSSR count). The third-order valence-corrected chi connectivity index (χ3v) is 5.13. The van der Waals surface area contributed by atoms with Crippen molar-refractivity contribution in [3.05, 3.63) is 65.7 Å². The minimum absolute atomic E-state index is 0.327. The highest BCUT2D eigenvalue weighted by atomic mass is 16.5. The topological polar surface area (TPSA) is 48.4 Å². The molecule has 3 aromatic rings. The summed E-state index contributed by atoms with van der Waals surface area (Å²) in [5, 5.41) is 14.3. The third-order valence-electron chi connectivity index (χ3n) is 5.13. The standard InChI is InChI=1S/C24H25N3O/c1-3-4-16-28-20-12-10-19(11-13-20)27(2)24(25)26-22-15-9-18-7-5-6-17-8-14-21(22)23(17)18/h5-15H,3-4,16H2,1-2H3,(H2,25,26). The lowest BCUT2D eigenvalue weighted by Crippen LogP contribution is -2.32. The van der Waals surface area contributed by atoms with Crippen LogP contribution in [-0.2, 0) is 0 Å². The SMILES string of the molecule is CCCCOc1ccc(N(C)C(=N)Nc2ccc3cccc4c3c2C=C4)cc1. The lowest BCUT2D eigenvalue weighted by Gasteiger charge is -2.22. The van der Waals surface area contributed by atoms with E-state index in [0.717, 1.165) is 42.1 Å². The van der Waals surface area contributed by atoms with E-state index in [0.29, 0.717) is 5.96 Å². The molecule has 1 aliphatic rings. The van der Waals surface area contributed by atoms with Crippen molar-refractivity contribution in [3.8, 4) is 5.75 Å². The molecule has 0 saturated carbocycles. The summed E-state index contributed by atoms with van der Waals surface area (Å²) in [5.74, 6) is 1.19. The molecule has 28 heavy (non-hydrogen) atoms. The van der Waals surface area contributed by atoms with Gasteiger partial charge in [-0.05, 0) is 53.1 Å². The maximum atomic E-state index is 8.52. The minimum Gasteiger partial charge on any atom is -0.494 e.